The van der Waals surface area contributed by atoms with Crippen molar-refractivity contribution in [1.29, 1.82) is 0 Å². The Morgan fingerprint density at radius 2 is 1.67 bits per heavy atom. The van der Waals surface area contributed by atoms with Gasteiger partial charge in [0.1, 0.15) is 11.5 Å². The van der Waals surface area contributed by atoms with Gasteiger partial charge in [0, 0.05) is 16.6 Å². The molecule has 8 heteroatoms. The number of methoxy groups -OCH3 is 3. The molecule has 1 aromatic heterocycles. The number of hydrogen-bond donors (Lipinski definition) is 1. The lowest BCUT2D eigenvalue weighted by molar-refractivity contribution is 0.103. The molecule has 27 heavy (non-hydrogen) atoms. The van der Waals surface area contributed by atoms with Gasteiger partial charge in [-0.25, -0.2) is 9.37 Å². The summed E-state index contributed by atoms with van der Waals surface area (Å²) in [7, 11) is 4.47. The maximum absolute atomic E-state index is 13.0. The Labute approximate surface area is 159 Å². The zero-order valence-electron chi connectivity index (χ0n) is 14.9. The Hall–Kier alpha value is -3.13. The molecule has 1 N–H and O–H groups in total. The van der Waals surface area contributed by atoms with Crippen LogP contribution in [0.1, 0.15) is 16.1 Å². The van der Waals surface area contributed by atoms with E-state index in [9.17, 15) is 9.18 Å². The van der Waals surface area contributed by atoms with E-state index in [1.54, 1.807) is 29.6 Å². The number of rotatable bonds is 7. The average molecular weight is 388 g/mol. The molecule has 3 aromatic rings. The summed E-state index contributed by atoms with van der Waals surface area (Å²) < 4.78 is 28.8. The molecule has 0 aliphatic carbocycles. The van der Waals surface area contributed by atoms with Gasteiger partial charge < -0.3 is 19.5 Å². The average Bonchev–Trinajstić information content (AvgIpc) is 3.16. The van der Waals surface area contributed by atoms with Crippen molar-refractivity contribution in [3.8, 4) is 17.2 Å². The van der Waals surface area contributed by atoms with Crippen molar-refractivity contribution in [2.24, 2.45) is 0 Å². The van der Waals surface area contributed by atoms with E-state index in [0.29, 0.717) is 33.6 Å². The third kappa shape index (κ3) is 4.01. The van der Waals surface area contributed by atoms with Crippen molar-refractivity contribution < 1.29 is 23.4 Å². The van der Waals surface area contributed by atoms with Gasteiger partial charge in [0.05, 0.1) is 21.3 Å². The maximum Gasteiger partial charge on any atom is 0.212 e. The lowest BCUT2D eigenvalue weighted by atomic mass is 10.1. The van der Waals surface area contributed by atoms with E-state index in [-0.39, 0.29) is 17.3 Å². The minimum Gasteiger partial charge on any atom is -0.493 e. The molecular formula is C19H17FN2O4S. The van der Waals surface area contributed by atoms with E-state index < -0.39 is 0 Å². The summed E-state index contributed by atoms with van der Waals surface area (Å²) in [6.07, 6.45) is 0. The molecular weight excluding hydrogens is 371 g/mol. The van der Waals surface area contributed by atoms with Gasteiger partial charge in [-0.05, 0) is 36.4 Å². The molecule has 0 atom stereocenters. The van der Waals surface area contributed by atoms with Crippen LogP contribution in [0.3, 0.4) is 0 Å². The summed E-state index contributed by atoms with van der Waals surface area (Å²) in [5.74, 6) is 0.587. The molecule has 0 saturated carbocycles. The van der Waals surface area contributed by atoms with E-state index in [1.165, 1.54) is 44.8 Å². The summed E-state index contributed by atoms with van der Waals surface area (Å²) in [5.41, 5.74) is 1.32. The van der Waals surface area contributed by atoms with Gasteiger partial charge in [0.25, 0.3) is 0 Å². The monoisotopic (exact) mass is 388 g/mol. The molecule has 0 saturated heterocycles. The Morgan fingerprint density at radius 1 is 1.04 bits per heavy atom. The van der Waals surface area contributed by atoms with E-state index >= 15 is 0 Å². The van der Waals surface area contributed by atoms with Crippen LogP contribution >= 0.6 is 11.3 Å². The van der Waals surface area contributed by atoms with Gasteiger partial charge in [-0.3, -0.25) is 4.79 Å². The van der Waals surface area contributed by atoms with Gasteiger partial charge >= 0.3 is 0 Å². The second-order valence-corrected chi connectivity index (χ2v) is 6.27. The molecule has 1 heterocycles. The molecule has 0 unspecified atom stereocenters. The number of anilines is 2. The molecule has 140 valence electrons. The number of carbonyl (C=O) groups excluding carboxylic acids is 1. The predicted octanol–water partition coefficient (Wildman–Crippen LogP) is 4.28. The number of nitrogens with one attached hydrogen (secondary N) is 1. The van der Waals surface area contributed by atoms with Crippen molar-refractivity contribution >= 4 is 27.9 Å². The first-order valence-electron chi connectivity index (χ1n) is 7.88. The first-order valence-corrected chi connectivity index (χ1v) is 8.76. The van der Waals surface area contributed by atoms with Crippen LogP contribution in [0.2, 0.25) is 0 Å². The molecule has 0 fully saturated rings. The number of thiazole rings is 1. The van der Waals surface area contributed by atoms with Gasteiger partial charge in [-0.15, -0.1) is 11.3 Å². The van der Waals surface area contributed by atoms with Crippen molar-refractivity contribution in [3.63, 3.8) is 0 Å². The SMILES string of the molecule is COc1cc(C(=O)c2csc(Nc3ccc(F)cc3)n2)cc(OC)c1OC. The number of aromatic nitrogens is 1. The molecule has 6 nitrogen and oxygen atoms in total. The standard InChI is InChI=1S/C19H17FN2O4S/c1-24-15-8-11(9-16(25-2)18(15)26-3)17(23)14-10-27-19(22-14)21-13-6-4-12(20)5-7-13/h4-10H,1-3H3,(H,21,22). The van der Waals surface area contributed by atoms with Crippen LogP contribution in [-0.2, 0) is 0 Å². The molecule has 0 amide bonds. The van der Waals surface area contributed by atoms with Crippen LogP contribution in [0.25, 0.3) is 0 Å². The Morgan fingerprint density at radius 3 is 2.22 bits per heavy atom. The largest absolute Gasteiger partial charge is 0.493 e. The second-order valence-electron chi connectivity index (χ2n) is 5.41. The predicted molar refractivity (Wildman–Crippen MR) is 101 cm³/mol. The first kappa shape index (κ1) is 18.7. The number of ether oxygens (including phenoxy) is 3. The highest BCUT2D eigenvalue weighted by Gasteiger charge is 2.20. The van der Waals surface area contributed by atoms with Crippen LogP contribution in [0.4, 0.5) is 15.2 Å². The van der Waals surface area contributed by atoms with Gasteiger partial charge in [-0.1, -0.05) is 0 Å². The third-order valence-electron chi connectivity index (χ3n) is 3.76. The van der Waals surface area contributed by atoms with E-state index in [4.69, 9.17) is 14.2 Å². The molecule has 0 aliphatic heterocycles. The molecule has 0 spiro atoms. The Bertz CT molecular complexity index is 932. The minimum absolute atomic E-state index is 0.277. The molecule has 0 radical (unpaired) electrons. The maximum atomic E-state index is 13.0. The molecule has 2 aromatic carbocycles. The van der Waals surface area contributed by atoms with Crippen molar-refractivity contribution in [3.05, 3.63) is 58.9 Å². The normalized spacial score (nSPS) is 10.4. The second kappa shape index (κ2) is 8.05. The van der Waals surface area contributed by atoms with Crippen molar-refractivity contribution in [1.82, 2.24) is 4.98 Å². The fourth-order valence-corrected chi connectivity index (χ4v) is 3.16. The third-order valence-corrected chi connectivity index (χ3v) is 4.52. The zero-order valence-corrected chi connectivity index (χ0v) is 15.7. The quantitative estimate of drug-likeness (QED) is 0.609. The summed E-state index contributed by atoms with van der Waals surface area (Å²) in [5, 5.41) is 5.22. The van der Waals surface area contributed by atoms with Crippen molar-refractivity contribution in [2.45, 2.75) is 0 Å². The van der Waals surface area contributed by atoms with Crippen LogP contribution < -0.4 is 19.5 Å². The number of ketones is 1. The molecule has 3 rings (SSSR count). The van der Waals surface area contributed by atoms with E-state index in [0.717, 1.165) is 0 Å². The Kier molecular flexibility index (Phi) is 5.56. The fraction of sp³-hybridized carbons (Fsp3) is 0.158. The first-order chi connectivity index (χ1) is 13.0. The van der Waals surface area contributed by atoms with Gasteiger partial charge in [0.2, 0.25) is 11.5 Å². The number of carbonyl (C=O) groups is 1. The topological polar surface area (TPSA) is 69.7 Å². The molecule has 0 bridgehead atoms. The van der Waals surface area contributed by atoms with E-state index in [1.807, 2.05) is 0 Å². The molecule has 0 aliphatic rings. The smallest absolute Gasteiger partial charge is 0.212 e. The van der Waals surface area contributed by atoms with Gasteiger partial charge in [0.15, 0.2) is 16.6 Å². The number of nitrogens with zero attached hydrogens (tertiary/aromatic N) is 1. The van der Waals surface area contributed by atoms with Crippen LogP contribution in [0.5, 0.6) is 17.2 Å². The zero-order chi connectivity index (χ0) is 19.4. The highest BCUT2D eigenvalue weighted by molar-refractivity contribution is 7.14. The fourth-order valence-electron chi connectivity index (χ4n) is 2.45. The minimum atomic E-state index is -0.321. The van der Waals surface area contributed by atoms with Crippen LogP contribution in [0, 0.1) is 5.82 Å². The van der Waals surface area contributed by atoms with Crippen LogP contribution in [-0.4, -0.2) is 32.1 Å². The number of benzene rings is 2. The van der Waals surface area contributed by atoms with Gasteiger partial charge in [-0.2, -0.15) is 0 Å². The Balaban J connectivity index is 1.86. The number of hydrogen-bond acceptors (Lipinski definition) is 7. The van der Waals surface area contributed by atoms with Crippen LogP contribution in [0.15, 0.2) is 41.8 Å². The summed E-state index contributed by atoms with van der Waals surface area (Å²) in [6.45, 7) is 0. The van der Waals surface area contributed by atoms with Crippen molar-refractivity contribution in [2.75, 3.05) is 26.6 Å². The summed E-state index contributed by atoms with van der Waals surface area (Å²) in [6, 6.07) is 9.04. The number of halogens is 1. The summed E-state index contributed by atoms with van der Waals surface area (Å²) in [4.78, 5) is 17.1. The highest BCUT2D eigenvalue weighted by atomic mass is 32.1. The summed E-state index contributed by atoms with van der Waals surface area (Å²) >= 11 is 1.28. The lowest BCUT2D eigenvalue weighted by Gasteiger charge is -2.13. The highest BCUT2D eigenvalue weighted by Crippen LogP contribution is 2.38. The van der Waals surface area contributed by atoms with E-state index in [2.05, 4.69) is 10.3 Å². The lowest BCUT2D eigenvalue weighted by Crippen LogP contribution is -2.05.